The highest BCUT2D eigenvalue weighted by atomic mass is 32.2. The molecule has 2 aromatic carbocycles. The van der Waals surface area contributed by atoms with Gasteiger partial charge in [0.15, 0.2) is 0 Å². The van der Waals surface area contributed by atoms with E-state index in [0.717, 1.165) is 5.69 Å². The molecule has 1 fully saturated rings. The number of nitrogens with one attached hydrogen (secondary N) is 1. The fourth-order valence-corrected chi connectivity index (χ4v) is 4.51. The van der Waals surface area contributed by atoms with Gasteiger partial charge in [-0.2, -0.15) is 4.31 Å². The molecule has 0 bridgehead atoms. The van der Waals surface area contributed by atoms with E-state index in [1.807, 2.05) is 30.3 Å². The maximum atomic E-state index is 13.0. The van der Waals surface area contributed by atoms with E-state index in [1.165, 1.54) is 16.4 Å². The maximum absolute atomic E-state index is 13.0. The van der Waals surface area contributed by atoms with E-state index in [9.17, 15) is 13.2 Å². The Morgan fingerprint density at radius 1 is 1.04 bits per heavy atom. The lowest BCUT2D eigenvalue weighted by Gasteiger charge is -2.35. The van der Waals surface area contributed by atoms with Gasteiger partial charge in [-0.3, -0.25) is 4.79 Å². The van der Waals surface area contributed by atoms with Gasteiger partial charge in [0.2, 0.25) is 10.0 Å². The van der Waals surface area contributed by atoms with Gasteiger partial charge in [0.1, 0.15) is 0 Å². The van der Waals surface area contributed by atoms with Crippen molar-refractivity contribution < 1.29 is 13.2 Å². The molecule has 1 amide bonds. The third-order valence-corrected chi connectivity index (χ3v) is 6.40. The van der Waals surface area contributed by atoms with Crippen molar-refractivity contribution in [2.45, 2.75) is 4.90 Å². The van der Waals surface area contributed by atoms with Crippen LogP contribution in [0.1, 0.15) is 10.4 Å². The molecule has 142 valence electrons. The van der Waals surface area contributed by atoms with Crippen LogP contribution in [-0.4, -0.2) is 51.4 Å². The minimum atomic E-state index is -3.64. The smallest absolute Gasteiger partial charge is 0.251 e. The predicted molar refractivity (Wildman–Crippen MR) is 106 cm³/mol. The van der Waals surface area contributed by atoms with Crippen LogP contribution in [0.5, 0.6) is 0 Å². The summed E-state index contributed by atoms with van der Waals surface area (Å²) in [6, 6.07) is 16.1. The summed E-state index contributed by atoms with van der Waals surface area (Å²) in [4.78, 5) is 14.4. The van der Waals surface area contributed by atoms with Gasteiger partial charge in [-0.15, -0.1) is 6.58 Å². The van der Waals surface area contributed by atoms with Crippen molar-refractivity contribution in [3.63, 3.8) is 0 Å². The van der Waals surface area contributed by atoms with Crippen molar-refractivity contribution in [1.82, 2.24) is 9.62 Å². The summed E-state index contributed by atoms with van der Waals surface area (Å²) in [5.74, 6) is -0.319. The zero-order valence-electron chi connectivity index (χ0n) is 15.0. The molecule has 0 saturated carbocycles. The van der Waals surface area contributed by atoms with E-state index in [-0.39, 0.29) is 10.8 Å². The second-order valence-corrected chi connectivity index (χ2v) is 8.19. The first kappa shape index (κ1) is 19.1. The number of hydrogen-bond donors (Lipinski definition) is 1. The highest BCUT2D eigenvalue weighted by molar-refractivity contribution is 7.89. The van der Waals surface area contributed by atoms with E-state index in [2.05, 4.69) is 16.8 Å². The van der Waals surface area contributed by atoms with Crippen LogP contribution in [0.15, 0.2) is 72.1 Å². The zero-order valence-corrected chi connectivity index (χ0v) is 15.9. The number of carbonyl (C=O) groups is 1. The SMILES string of the molecule is C=CCNC(=O)c1cccc(S(=O)(=O)N2CCN(c3ccccc3)CC2)c1. The minimum absolute atomic E-state index is 0.141. The van der Waals surface area contributed by atoms with Gasteiger partial charge < -0.3 is 10.2 Å². The Hall–Kier alpha value is -2.64. The van der Waals surface area contributed by atoms with Gasteiger partial charge in [-0.25, -0.2) is 8.42 Å². The van der Waals surface area contributed by atoms with Crippen LogP contribution in [0.4, 0.5) is 5.69 Å². The van der Waals surface area contributed by atoms with Crippen LogP contribution in [-0.2, 0) is 10.0 Å². The summed E-state index contributed by atoms with van der Waals surface area (Å²) in [6.07, 6.45) is 1.57. The van der Waals surface area contributed by atoms with Gasteiger partial charge >= 0.3 is 0 Å². The van der Waals surface area contributed by atoms with Crippen LogP contribution in [0.3, 0.4) is 0 Å². The number of anilines is 1. The lowest BCUT2D eigenvalue weighted by Crippen LogP contribution is -2.48. The monoisotopic (exact) mass is 385 g/mol. The van der Waals surface area contributed by atoms with Crippen LogP contribution < -0.4 is 10.2 Å². The van der Waals surface area contributed by atoms with E-state index < -0.39 is 10.0 Å². The second-order valence-electron chi connectivity index (χ2n) is 6.25. The number of para-hydroxylation sites is 1. The first-order chi connectivity index (χ1) is 13.0. The highest BCUT2D eigenvalue weighted by Crippen LogP contribution is 2.21. The summed E-state index contributed by atoms with van der Waals surface area (Å²) in [6.45, 7) is 5.95. The van der Waals surface area contributed by atoms with Gasteiger partial charge in [0, 0.05) is 44.0 Å². The molecule has 3 rings (SSSR count). The standard InChI is InChI=1S/C20H23N3O3S/c1-2-11-21-20(24)17-7-6-10-19(16-17)27(25,26)23-14-12-22(13-15-23)18-8-4-3-5-9-18/h2-10,16H,1,11-15H2,(H,21,24). The molecule has 0 unspecified atom stereocenters. The Kier molecular flexibility index (Phi) is 5.93. The van der Waals surface area contributed by atoms with Crippen LogP contribution in [0.2, 0.25) is 0 Å². The summed E-state index contributed by atoms with van der Waals surface area (Å²) in [5, 5.41) is 2.66. The Morgan fingerprint density at radius 2 is 1.74 bits per heavy atom. The number of nitrogens with zero attached hydrogens (tertiary/aromatic N) is 2. The van der Waals surface area contributed by atoms with Crippen molar-refractivity contribution in [3.8, 4) is 0 Å². The molecule has 0 spiro atoms. The molecule has 1 N–H and O–H groups in total. The lowest BCUT2D eigenvalue weighted by atomic mass is 10.2. The normalized spacial score (nSPS) is 15.3. The number of piperazine rings is 1. The fraction of sp³-hybridized carbons (Fsp3) is 0.250. The topological polar surface area (TPSA) is 69.7 Å². The molecule has 0 aliphatic carbocycles. The molecule has 1 aliphatic heterocycles. The van der Waals surface area contributed by atoms with Gasteiger partial charge in [0.05, 0.1) is 4.90 Å². The van der Waals surface area contributed by atoms with Gasteiger partial charge in [-0.05, 0) is 30.3 Å². The Labute approximate surface area is 160 Å². The van der Waals surface area contributed by atoms with E-state index >= 15 is 0 Å². The average Bonchev–Trinajstić information content (AvgIpc) is 2.73. The predicted octanol–water partition coefficient (Wildman–Crippen LogP) is 2.11. The number of carbonyl (C=O) groups excluding carboxylic acids is 1. The van der Waals surface area contributed by atoms with Crippen molar-refractivity contribution in [1.29, 1.82) is 0 Å². The summed E-state index contributed by atoms with van der Waals surface area (Å²) >= 11 is 0. The Balaban J connectivity index is 1.72. The molecule has 27 heavy (non-hydrogen) atoms. The first-order valence-electron chi connectivity index (χ1n) is 8.81. The zero-order chi connectivity index (χ0) is 19.3. The quantitative estimate of drug-likeness (QED) is 0.774. The molecule has 0 atom stereocenters. The number of hydrogen-bond acceptors (Lipinski definition) is 4. The van der Waals surface area contributed by atoms with E-state index in [1.54, 1.807) is 18.2 Å². The largest absolute Gasteiger partial charge is 0.369 e. The third-order valence-electron chi connectivity index (χ3n) is 4.50. The molecule has 1 saturated heterocycles. The molecular weight excluding hydrogens is 362 g/mol. The summed E-state index contributed by atoms with van der Waals surface area (Å²) in [7, 11) is -3.64. The molecule has 1 aliphatic rings. The maximum Gasteiger partial charge on any atom is 0.251 e. The molecule has 1 heterocycles. The number of benzene rings is 2. The Morgan fingerprint density at radius 3 is 2.41 bits per heavy atom. The van der Waals surface area contributed by atoms with Gasteiger partial charge in [0.25, 0.3) is 5.91 Å². The number of amides is 1. The summed E-state index contributed by atoms with van der Waals surface area (Å²) < 4.78 is 27.4. The molecule has 0 aromatic heterocycles. The molecular formula is C20H23N3O3S. The average molecular weight is 385 g/mol. The minimum Gasteiger partial charge on any atom is -0.369 e. The third kappa shape index (κ3) is 4.37. The van der Waals surface area contributed by atoms with Crippen LogP contribution in [0, 0.1) is 0 Å². The van der Waals surface area contributed by atoms with Crippen LogP contribution in [0.25, 0.3) is 0 Å². The second kappa shape index (κ2) is 8.37. The lowest BCUT2D eigenvalue weighted by molar-refractivity contribution is 0.0958. The van der Waals surface area contributed by atoms with Crippen molar-refractivity contribution in [2.24, 2.45) is 0 Å². The molecule has 6 nitrogen and oxygen atoms in total. The first-order valence-corrected chi connectivity index (χ1v) is 10.3. The number of rotatable bonds is 6. The van der Waals surface area contributed by atoms with Crippen molar-refractivity contribution in [2.75, 3.05) is 37.6 Å². The number of sulfonamides is 1. The van der Waals surface area contributed by atoms with Gasteiger partial charge in [-0.1, -0.05) is 30.3 Å². The van der Waals surface area contributed by atoms with Crippen LogP contribution >= 0.6 is 0 Å². The summed E-state index contributed by atoms with van der Waals surface area (Å²) in [5.41, 5.74) is 1.41. The van der Waals surface area contributed by atoms with E-state index in [0.29, 0.717) is 38.3 Å². The fourth-order valence-electron chi connectivity index (χ4n) is 3.04. The Bertz CT molecular complexity index is 905. The molecule has 7 heteroatoms. The van der Waals surface area contributed by atoms with Crippen molar-refractivity contribution >= 4 is 21.6 Å². The molecule has 2 aromatic rings. The van der Waals surface area contributed by atoms with Crippen molar-refractivity contribution in [3.05, 3.63) is 72.8 Å². The van der Waals surface area contributed by atoms with E-state index in [4.69, 9.17) is 0 Å². The highest BCUT2D eigenvalue weighted by Gasteiger charge is 2.29. The molecule has 0 radical (unpaired) electrons.